The van der Waals surface area contributed by atoms with Gasteiger partial charge in [-0.1, -0.05) is 30.3 Å². The molecule has 0 aliphatic rings. The van der Waals surface area contributed by atoms with Gasteiger partial charge in [0.15, 0.2) is 0 Å². The molecule has 0 fully saturated rings. The maximum Gasteiger partial charge on any atom is 0.248 e. The minimum atomic E-state index is -0.209. The van der Waals surface area contributed by atoms with Gasteiger partial charge in [-0.3, -0.25) is 4.79 Å². The molecule has 2 aromatic rings. The van der Waals surface area contributed by atoms with E-state index in [9.17, 15) is 4.79 Å². The molecule has 0 radical (unpaired) electrons. The van der Waals surface area contributed by atoms with Gasteiger partial charge in [-0.2, -0.15) is 0 Å². The van der Waals surface area contributed by atoms with E-state index in [4.69, 9.17) is 9.84 Å². The van der Waals surface area contributed by atoms with E-state index in [1.54, 1.807) is 24.4 Å². The van der Waals surface area contributed by atoms with E-state index < -0.39 is 0 Å². The maximum absolute atomic E-state index is 11.9. The van der Waals surface area contributed by atoms with Crippen molar-refractivity contribution in [1.29, 1.82) is 0 Å². The standard InChI is InChI=1S/C18H21N3O3/c22-11-13-24-12-10-19-17-8-7-16(14-20-17)21-18(23)9-6-15-4-2-1-3-5-15/h1-9,14,22H,10-13H2,(H,19,20)(H,21,23)/b9-6+. The van der Waals surface area contributed by atoms with Crippen molar-refractivity contribution >= 4 is 23.5 Å². The van der Waals surface area contributed by atoms with Crippen molar-refractivity contribution in [2.24, 2.45) is 0 Å². The number of benzene rings is 1. The third-order valence-corrected chi connectivity index (χ3v) is 3.05. The van der Waals surface area contributed by atoms with Crippen LogP contribution in [0.5, 0.6) is 0 Å². The minimum absolute atomic E-state index is 0.0192. The van der Waals surface area contributed by atoms with Crippen LogP contribution in [0.4, 0.5) is 11.5 Å². The lowest BCUT2D eigenvalue weighted by Crippen LogP contribution is -2.12. The average molecular weight is 327 g/mol. The van der Waals surface area contributed by atoms with Crippen molar-refractivity contribution in [2.45, 2.75) is 0 Å². The topological polar surface area (TPSA) is 83.5 Å². The molecule has 0 atom stereocenters. The molecule has 1 aromatic heterocycles. The number of aromatic nitrogens is 1. The number of nitrogens with zero attached hydrogens (tertiary/aromatic N) is 1. The molecule has 1 heterocycles. The second-order valence-corrected chi connectivity index (χ2v) is 4.93. The van der Waals surface area contributed by atoms with Crippen LogP contribution in [-0.4, -0.2) is 42.4 Å². The fourth-order valence-electron chi connectivity index (χ4n) is 1.91. The summed E-state index contributed by atoms with van der Waals surface area (Å²) in [5.41, 5.74) is 1.59. The van der Waals surface area contributed by atoms with Gasteiger partial charge in [-0.05, 0) is 23.8 Å². The van der Waals surface area contributed by atoms with Crippen molar-refractivity contribution in [1.82, 2.24) is 4.98 Å². The number of hydrogen-bond donors (Lipinski definition) is 3. The smallest absolute Gasteiger partial charge is 0.248 e. The van der Waals surface area contributed by atoms with Gasteiger partial charge in [0.1, 0.15) is 5.82 Å². The number of hydrogen-bond acceptors (Lipinski definition) is 5. The number of carbonyl (C=O) groups excluding carboxylic acids is 1. The first kappa shape index (κ1) is 17.7. The van der Waals surface area contributed by atoms with E-state index in [-0.39, 0.29) is 12.5 Å². The zero-order valence-corrected chi connectivity index (χ0v) is 13.3. The third-order valence-electron chi connectivity index (χ3n) is 3.05. The molecule has 0 aliphatic heterocycles. The van der Waals surface area contributed by atoms with E-state index in [2.05, 4.69) is 15.6 Å². The van der Waals surface area contributed by atoms with Gasteiger partial charge in [0.2, 0.25) is 5.91 Å². The molecule has 0 saturated carbocycles. The van der Waals surface area contributed by atoms with E-state index in [0.717, 1.165) is 5.56 Å². The molecule has 126 valence electrons. The Morgan fingerprint density at radius 3 is 2.71 bits per heavy atom. The molecule has 1 amide bonds. The van der Waals surface area contributed by atoms with Crippen LogP contribution in [0.25, 0.3) is 6.08 Å². The van der Waals surface area contributed by atoms with Crippen LogP contribution >= 0.6 is 0 Å². The molecule has 0 spiro atoms. The van der Waals surface area contributed by atoms with Crippen LogP contribution in [0.3, 0.4) is 0 Å². The quantitative estimate of drug-likeness (QED) is 0.485. The minimum Gasteiger partial charge on any atom is -0.394 e. The normalized spacial score (nSPS) is 10.7. The monoisotopic (exact) mass is 327 g/mol. The Labute approximate surface area is 141 Å². The van der Waals surface area contributed by atoms with Crippen molar-refractivity contribution in [2.75, 3.05) is 37.0 Å². The molecule has 0 bridgehead atoms. The van der Waals surface area contributed by atoms with Crippen LogP contribution in [0.2, 0.25) is 0 Å². The predicted molar refractivity (Wildman–Crippen MR) is 94.7 cm³/mol. The first-order valence-corrected chi connectivity index (χ1v) is 7.70. The van der Waals surface area contributed by atoms with Crippen molar-refractivity contribution < 1.29 is 14.6 Å². The number of anilines is 2. The Morgan fingerprint density at radius 1 is 1.17 bits per heavy atom. The Balaban J connectivity index is 1.76. The van der Waals surface area contributed by atoms with E-state index in [0.29, 0.717) is 31.3 Å². The molecule has 1 aromatic carbocycles. The highest BCUT2D eigenvalue weighted by molar-refractivity contribution is 6.01. The predicted octanol–water partition coefficient (Wildman–Crippen LogP) is 2.15. The second kappa shape index (κ2) is 10.1. The average Bonchev–Trinajstić information content (AvgIpc) is 2.62. The number of nitrogens with one attached hydrogen (secondary N) is 2. The summed E-state index contributed by atoms with van der Waals surface area (Å²) in [5.74, 6) is 0.485. The van der Waals surface area contributed by atoms with Crippen LogP contribution in [0.15, 0.2) is 54.7 Å². The Bertz CT molecular complexity index is 642. The molecule has 2 rings (SSSR count). The van der Waals surface area contributed by atoms with Gasteiger partial charge in [-0.15, -0.1) is 0 Å². The lowest BCUT2D eigenvalue weighted by Gasteiger charge is -2.07. The summed E-state index contributed by atoms with van der Waals surface area (Å²) in [5, 5.41) is 14.4. The number of aliphatic hydroxyl groups excluding tert-OH is 1. The lowest BCUT2D eigenvalue weighted by molar-refractivity contribution is -0.111. The van der Waals surface area contributed by atoms with Crippen LogP contribution in [0.1, 0.15) is 5.56 Å². The summed E-state index contributed by atoms with van der Waals surface area (Å²) < 4.78 is 5.14. The highest BCUT2D eigenvalue weighted by atomic mass is 16.5. The van der Waals surface area contributed by atoms with Gasteiger partial charge in [0, 0.05) is 12.6 Å². The number of rotatable bonds is 9. The third kappa shape index (κ3) is 6.60. The van der Waals surface area contributed by atoms with E-state index in [1.807, 2.05) is 30.3 Å². The molecule has 24 heavy (non-hydrogen) atoms. The van der Waals surface area contributed by atoms with Gasteiger partial charge in [0.05, 0.1) is 31.7 Å². The number of aliphatic hydroxyl groups is 1. The summed E-state index contributed by atoms with van der Waals surface area (Å²) in [6.07, 6.45) is 4.83. The van der Waals surface area contributed by atoms with E-state index >= 15 is 0 Å². The number of carbonyl (C=O) groups is 1. The van der Waals surface area contributed by atoms with E-state index in [1.165, 1.54) is 6.08 Å². The fraction of sp³-hybridized carbons (Fsp3) is 0.222. The van der Waals surface area contributed by atoms with Crippen LogP contribution in [-0.2, 0) is 9.53 Å². The van der Waals surface area contributed by atoms with Gasteiger partial charge < -0.3 is 20.5 Å². The SMILES string of the molecule is O=C(/C=C/c1ccccc1)Nc1ccc(NCCOCCO)nc1. The summed E-state index contributed by atoms with van der Waals surface area (Å²) >= 11 is 0. The number of ether oxygens (including phenoxy) is 1. The lowest BCUT2D eigenvalue weighted by atomic mass is 10.2. The molecule has 6 heteroatoms. The molecule has 0 unspecified atom stereocenters. The summed E-state index contributed by atoms with van der Waals surface area (Å²) in [4.78, 5) is 16.1. The summed E-state index contributed by atoms with van der Waals surface area (Å²) in [7, 11) is 0. The Kier molecular flexibility index (Phi) is 7.46. The molecule has 3 N–H and O–H groups in total. The Morgan fingerprint density at radius 2 is 2.00 bits per heavy atom. The first-order chi connectivity index (χ1) is 11.8. The van der Waals surface area contributed by atoms with Crippen LogP contribution < -0.4 is 10.6 Å². The molecular weight excluding hydrogens is 306 g/mol. The van der Waals surface area contributed by atoms with Crippen molar-refractivity contribution in [3.05, 3.63) is 60.3 Å². The van der Waals surface area contributed by atoms with Gasteiger partial charge in [-0.25, -0.2) is 4.98 Å². The number of amides is 1. The summed E-state index contributed by atoms with van der Waals surface area (Å²) in [6, 6.07) is 13.2. The summed E-state index contributed by atoms with van der Waals surface area (Å²) in [6.45, 7) is 1.44. The van der Waals surface area contributed by atoms with Crippen LogP contribution in [0, 0.1) is 0 Å². The zero-order chi connectivity index (χ0) is 17.0. The number of pyridine rings is 1. The first-order valence-electron chi connectivity index (χ1n) is 7.70. The second-order valence-electron chi connectivity index (χ2n) is 4.93. The highest BCUT2D eigenvalue weighted by Gasteiger charge is 1.99. The molecular formula is C18H21N3O3. The zero-order valence-electron chi connectivity index (χ0n) is 13.3. The molecule has 6 nitrogen and oxygen atoms in total. The Hall–Kier alpha value is -2.70. The largest absolute Gasteiger partial charge is 0.394 e. The van der Waals surface area contributed by atoms with Crippen molar-refractivity contribution in [3.63, 3.8) is 0 Å². The van der Waals surface area contributed by atoms with Crippen molar-refractivity contribution in [3.8, 4) is 0 Å². The molecule has 0 aliphatic carbocycles. The fourth-order valence-corrected chi connectivity index (χ4v) is 1.91. The molecule has 0 saturated heterocycles. The highest BCUT2D eigenvalue weighted by Crippen LogP contribution is 2.10. The van der Waals surface area contributed by atoms with Gasteiger partial charge >= 0.3 is 0 Å². The van der Waals surface area contributed by atoms with Gasteiger partial charge in [0.25, 0.3) is 0 Å². The maximum atomic E-state index is 11.9.